The summed E-state index contributed by atoms with van der Waals surface area (Å²) in [6.07, 6.45) is 9.35. The van der Waals surface area contributed by atoms with Crippen molar-refractivity contribution >= 4 is 11.6 Å². The quantitative estimate of drug-likeness (QED) is 0.804. The van der Waals surface area contributed by atoms with Crippen LogP contribution in [-0.2, 0) is 4.79 Å². The lowest BCUT2D eigenvalue weighted by Crippen LogP contribution is -2.41. The van der Waals surface area contributed by atoms with E-state index in [1.165, 1.54) is 49.7 Å². The Labute approximate surface area is 140 Å². The monoisotopic (exact) mass is 314 g/mol. The second-order valence-corrected chi connectivity index (χ2v) is 7.90. The molecule has 1 atom stereocenters. The van der Waals surface area contributed by atoms with Gasteiger partial charge in [-0.25, -0.2) is 0 Å². The Balaban J connectivity index is 1.90. The summed E-state index contributed by atoms with van der Waals surface area (Å²) in [5, 5.41) is 3.43. The smallest absolute Gasteiger partial charge is 0.223 e. The van der Waals surface area contributed by atoms with Crippen molar-refractivity contribution in [2.75, 3.05) is 5.73 Å². The summed E-state index contributed by atoms with van der Waals surface area (Å²) < 4.78 is 0. The average molecular weight is 314 g/mol. The highest BCUT2D eigenvalue weighted by Gasteiger charge is 2.40. The summed E-state index contributed by atoms with van der Waals surface area (Å²) in [7, 11) is 0. The fraction of sp³-hybridized carbons (Fsp3) is 0.650. The lowest BCUT2D eigenvalue weighted by atomic mass is 9.75. The number of carbonyl (C=O) groups is 1. The van der Waals surface area contributed by atoms with Crippen LogP contribution in [0.5, 0.6) is 0 Å². The summed E-state index contributed by atoms with van der Waals surface area (Å²) in [5.41, 5.74) is 9.41. The summed E-state index contributed by atoms with van der Waals surface area (Å²) >= 11 is 0. The molecule has 0 aliphatic heterocycles. The number of carbonyl (C=O) groups excluding carboxylic acids is 1. The Morgan fingerprint density at radius 2 is 1.87 bits per heavy atom. The zero-order valence-electron chi connectivity index (χ0n) is 14.5. The van der Waals surface area contributed by atoms with Crippen LogP contribution in [0.4, 0.5) is 5.69 Å². The van der Waals surface area contributed by atoms with Gasteiger partial charge >= 0.3 is 0 Å². The topological polar surface area (TPSA) is 55.1 Å². The van der Waals surface area contributed by atoms with Crippen LogP contribution in [-0.4, -0.2) is 5.91 Å². The van der Waals surface area contributed by atoms with Crippen LogP contribution >= 0.6 is 0 Å². The summed E-state index contributed by atoms with van der Waals surface area (Å²) in [6.45, 7) is 4.46. The first kappa shape index (κ1) is 16.4. The summed E-state index contributed by atoms with van der Waals surface area (Å²) in [5.74, 6) is 0.464. The van der Waals surface area contributed by atoms with Crippen molar-refractivity contribution in [3.05, 3.63) is 29.3 Å². The molecule has 1 aromatic carbocycles. The first-order valence-corrected chi connectivity index (χ1v) is 9.16. The molecule has 0 heterocycles. The molecule has 1 aromatic rings. The number of hydrogen-bond acceptors (Lipinski definition) is 2. The number of nitrogens with one attached hydrogen (secondary N) is 1. The standard InChI is InChI=1S/C20H30N2O/c1-14-9-10-16(21)13-17(14)18(20(2)11-5-6-12-20)22-19(23)15-7-3-4-8-15/h9-10,13,15,18H,3-8,11-12,21H2,1-2H3,(H,22,23). The van der Waals surface area contributed by atoms with Gasteiger partial charge in [-0.3, -0.25) is 4.79 Å². The minimum Gasteiger partial charge on any atom is -0.399 e. The molecule has 2 saturated carbocycles. The van der Waals surface area contributed by atoms with Gasteiger partial charge in [0.2, 0.25) is 5.91 Å². The Bertz CT molecular complexity index is 569. The van der Waals surface area contributed by atoms with Crippen molar-refractivity contribution in [3.63, 3.8) is 0 Å². The van der Waals surface area contributed by atoms with E-state index in [2.05, 4.69) is 31.3 Å². The number of nitrogens with two attached hydrogens (primary N) is 1. The van der Waals surface area contributed by atoms with Crippen LogP contribution in [0.1, 0.15) is 75.5 Å². The molecular formula is C20H30N2O. The second kappa shape index (κ2) is 6.54. The molecule has 0 spiro atoms. The van der Waals surface area contributed by atoms with Crippen LogP contribution < -0.4 is 11.1 Å². The van der Waals surface area contributed by atoms with Gasteiger partial charge in [0.05, 0.1) is 6.04 Å². The minimum atomic E-state index is 0.0848. The molecule has 23 heavy (non-hydrogen) atoms. The van der Waals surface area contributed by atoms with E-state index in [1.54, 1.807) is 0 Å². The molecule has 0 aromatic heterocycles. The lowest BCUT2D eigenvalue weighted by Gasteiger charge is -2.37. The van der Waals surface area contributed by atoms with Crippen molar-refractivity contribution in [3.8, 4) is 0 Å². The van der Waals surface area contributed by atoms with E-state index in [4.69, 9.17) is 5.73 Å². The first-order valence-electron chi connectivity index (χ1n) is 9.16. The van der Waals surface area contributed by atoms with Crippen molar-refractivity contribution in [2.24, 2.45) is 11.3 Å². The highest BCUT2D eigenvalue weighted by atomic mass is 16.2. The maximum atomic E-state index is 12.8. The van der Waals surface area contributed by atoms with Gasteiger partial charge in [0.15, 0.2) is 0 Å². The van der Waals surface area contributed by atoms with E-state index in [0.717, 1.165) is 18.5 Å². The second-order valence-electron chi connectivity index (χ2n) is 7.90. The lowest BCUT2D eigenvalue weighted by molar-refractivity contribution is -0.126. The number of aryl methyl sites for hydroxylation is 1. The third-order valence-electron chi connectivity index (χ3n) is 6.07. The Morgan fingerprint density at radius 1 is 1.22 bits per heavy atom. The average Bonchev–Trinajstić information content (AvgIpc) is 3.19. The van der Waals surface area contributed by atoms with Gasteiger partial charge in [0.25, 0.3) is 0 Å². The van der Waals surface area contributed by atoms with Gasteiger partial charge in [-0.2, -0.15) is 0 Å². The van der Waals surface area contributed by atoms with E-state index in [9.17, 15) is 4.79 Å². The van der Waals surface area contributed by atoms with Crippen molar-refractivity contribution < 1.29 is 4.79 Å². The molecular weight excluding hydrogens is 284 g/mol. The van der Waals surface area contributed by atoms with Crippen molar-refractivity contribution in [2.45, 2.75) is 71.3 Å². The van der Waals surface area contributed by atoms with Crippen LogP contribution in [0.2, 0.25) is 0 Å². The van der Waals surface area contributed by atoms with Crippen molar-refractivity contribution in [1.82, 2.24) is 5.32 Å². The van der Waals surface area contributed by atoms with Crippen LogP contribution in [0.15, 0.2) is 18.2 Å². The number of benzene rings is 1. The van der Waals surface area contributed by atoms with Gasteiger partial charge in [-0.15, -0.1) is 0 Å². The molecule has 126 valence electrons. The fourth-order valence-electron chi connectivity index (χ4n) is 4.52. The van der Waals surface area contributed by atoms with Crippen LogP contribution in [0.25, 0.3) is 0 Å². The van der Waals surface area contributed by atoms with Gasteiger partial charge < -0.3 is 11.1 Å². The van der Waals surface area contributed by atoms with E-state index >= 15 is 0 Å². The molecule has 2 fully saturated rings. The summed E-state index contributed by atoms with van der Waals surface area (Å²) in [4.78, 5) is 12.8. The van der Waals surface area contributed by atoms with Crippen molar-refractivity contribution in [1.29, 1.82) is 0 Å². The van der Waals surface area contributed by atoms with Crippen LogP contribution in [0, 0.1) is 18.3 Å². The maximum absolute atomic E-state index is 12.8. The normalized spacial score (nSPS) is 22.2. The Kier molecular flexibility index (Phi) is 4.65. The Morgan fingerprint density at radius 3 is 2.52 bits per heavy atom. The highest BCUT2D eigenvalue weighted by Crippen LogP contribution is 2.48. The van der Waals surface area contributed by atoms with Gasteiger partial charge in [0.1, 0.15) is 0 Å². The molecule has 3 N–H and O–H groups in total. The number of amides is 1. The van der Waals surface area contributed by atoms with E-state index in [1.807, 2.05) is 6.07 Å². The van der Waals surface area contributed by atoms with E-state index < -0.39 is 0 Å². The zero-order valence-corrected chi connectivity index (χ0v) is 14.5. The number of anilines is 1. The molecule has 3 rings (SSSR count). The molecule has 0 saturated heterocycles. The number of nitrogen functional groups attached to an aromatic ring is 1. The predicted molar refractivity (Wildman–Crippen MR) is 95.0 cm³/mol. The number of hydrogen-bond donors (Lipinski definition) is 2. The molecule has 2 aliphatic rings. The van der Waals surface area contributed by atoms with Gasteiger partial charge in [-0.1, -0.05) is 38.7 Å². The zero-order chi connectivity index (χ0) is 16.4. The van der Waals surface area contributed by atoms with Crippen LogP contribution in [0.3, 0.4) is 0 Å². The maximum Gasteiger partial charge on any atom is 0.223 e. The highest BCUT2D eigenvalue weighted by molar-refractivity contribution is 5.79. The third-order valence-corrected chi connectivity index (χ3v) is 6.07. The summed E-state index contributed by atoms with van der Waals surface area (Å²) in [6, 6.07) is 6.18. The fourth-order valence-corrected chi connectivity index (χ4v) is 4.52. The third kappa shape index (κ3) is 3.39. The molecule has 3 heteroatoms. The molecule has 0 bridgehead atoms. The first-order chi connectivity index (χ1) is 11.0. The molecule has 3 nitrogen and oxygen atoms in total. The SMILES string of the molecule is Cc1ccc(N)cc1C(NC(=O)C1CCCC1)C1(C)CCCC1. The predicted octanol–water partition coefficient (Wildman–Crippen LogP) is 4.51. The van der Waals surface area contributed by atoms with E-state index in [-0.39, 0.29) is 23.3 Å². The molecule has 0 radical (unpaired) electrons. The molecule has 1 amide bonds. The minimum absolute atomic E-state index is 0.0848. The Hall–Kier alpha value is -1.51. The molecule has 2 aliphatic carbocycles. The van der Waals surface area contributed by atoms with Gasteiger partial charge in [0, 0.05) is 11.6 Å². The number of rotatable bonds is 4. The van der Waals surface area contributed by atoms with E-state index in [0.29, 0.717) is 0 Å². The molecule has 1 unspecified atom stereocenters. The largest absolute Gasteiger partial charge is 0.399 e. The van der Waals surface area contributed by atoms with Gasteiger partial charge in [-0.05, 0) is 61.3 Å².